The predicted octanol–water partition coefficient (Wildman–Crippen LogP) is 1.98. The van der Waals surface area contributed by atoms with Crippen LogP contribution in [-0.4, -0.2) is 46.4 Å². The van der Waals surface area contributed by atoms with Crippen LogP contribution in [-0.2, 0) is 23.0 Å². The second kappa shape index (κ2) is 9.48. The molecule has 0 amide bonds. The minimum absolute atomic E-state index is 0.242. The predicted molar refractivity (Wildman–Crippen MR) is 106 cm³/mol. The minimum Gasteiger partial charge on any atom is -0.356 e. The molecule has 27 heavy (non-hydrogen) atoms. The lowest BCUT2D eigenvalue weighted by molar-refractivity contribution is 0.520. The van der Waals surface area contributed by atoms with Crippen LogP contribution in [0.25, 0.3) is 0 Å². The lowest BCUT2D eigenvalue weighted by Gasteiger charge is -2.13. The lowest BCUT2D eigenvalue weighted by atomic mass is 10.1. The largest absolute Gasteiger partial charge is 0.356 e. The molecule has 0 bridgehead atoms. The van der Waals surface area contributed by atoms with Gasteiger partial charge in [-0.3, -0.25) is 4.99 Å². The van der Waals surface area contributed by atoms with E-state index < -0.39 is 10.0 Å². The van der Waals surface area contributed by atoms with Crippen LogP contribution >= 0.6 is 0 Å². The number of benzene rings is 2. The monoisotopic (exact) mass is 392 g/mol. The summed E-state index contributed by atoms with van der Waals surface area (Å²) < 4.78 is 38.2. The number of hydrogen-bond acceptors (Lipinski definition) is 3. The number of sulfonamides is 1. The van der Waals surface area contributed by atoms with Crippen LogP contribution in [0, 0.1) is 5.82 Å². The summed E-state index contributed by atoms with van der Waals surface area (Å²) in [6.45, 7) is 1.17. The van der Waals surface area contributed by atoms with E-state index in [1.54, 1.807) is 43.4 Å². The summed E-state index contributed by atoms with van der Waals surface area (Å²) in [7, 11) is 1.28. The van der Waals surface area contributed by atoms with Crippen LogP contribution in [0.15, 0.2) is 58.4 Å². The maximum Gasteiger partial charge on any atom is 0.242 e. The van der Waals surface area contributed by atoms with Gasteiger partial charge in [-0.15, -0.1) is 0 Å². The zero-order valence-electron chi connectivity index (χ0n) is 15.7. The molecule has 0 aliphatic carbocycles. The summed E-state index contributed by atoms with van der Waals surface area (Å²) in [5.41, 5.74) is 1.98. The molecule has 0 aliphatic heterocycles. The number of guanidine groups is 1. The normalized spacial score (nSPS) is 12.3. The van der Waals surface area contributed by atoms with Gasteiger partial charge in [0.25, 0.3) is 0 Å². The topological polar surface area (TPSA) is 73.8 Å². The van der Waals surface area contributed by atoms with Crippen LogP contribution in [0.5, 0.6) is 0 Å². The molecule has 2 aromatic carbocycles. The third kappa shape index (κ3) is 6.04. The summed E-state index contributed by atoms with van der Waals surface area (Å²) in [4.78, 5) is 4.42. The van der Waals surface area contributed by atoms with E-state index in [2.05, 4.69) is 15.6 Å². The highest BCUT2D eigenvalue weighted by Gasteiger charge is 2.16. The summed E-state index contributed by atoms with van der Waals surface area (Å²) in [5, 5.41) is 6.38. The fourth-order valence-electron chi connectivity index (χ4n) is 2.37. The minimum atomic E-state index is -3.42. The maximum atomic E-state index is 12.9. The molecule has 0 atom stereocenters. The van der Waals surface area contributed by atoms with Gasteiger partial charge in [0.1, 0.15) is 5.82 Å². The zero-order valence-corrected chi connectivity index (χ0v) is 16.6. The molecule has 0 unspecified atom stereocenters. The summed E-state index contributed by atoms with van der Waals surface area (Å²) in [6, 6.07) is 13.1. The fourth-order valence-corrected chi connectivity index (χ4v) is 3.27. The number of rotatable bonds is 7. The Balaban J connectivity index is 1.84. The first-order chi connectivity index (χ1) is 12.8. The van der Waals surface area contributed by atoms with Crippen molar-refractivity contribution in [2.45, 2.75) is 17.9 Å². The molecule has 146 valence electrons. The molecule has 0 aromatic heterocycles. The van der Waals surface area contributed by atoms with Crippen molar-refractivity contribution in [3.8, 4) is 0 Å². The first kappa shape index (κ1) is 20.9. The average Bonchev–Trinajstić information content (AvgIpc) is 2.66. The van der Waals surface area contributed by atoms with Gasteiger partial charge in [-0.2, -0.15) is 0 Å². The Bertz CT molecular complexity index is 864. The van der Waals surface area contributed by atoms with Crippen molar-refractivity contribution in [3.05, 3.63) is 65.5 Å². The number of nitrogens with one attached hydrogen (secondary N) is 2. The molecule has 0 aliphatic rings. The third-order valence-corrected chi connectivity index (χ3v) is 5.83. The van der Waals surface area contributed by atoms with E-state index in [1.165, 1.54) is 30.5 Å². The van der Waals surface area contributed by atoms with Crippen LogP contribution in [0.3, 0.4) is 0 Å². The summed E-state index contributed by atoms with van der Waals surface area (Å²) >= 11 is 0. The Morgan fingerprint density at radius 2 is 1.59 bits per heavy atom. The van der Waals surface area contributed by atoms with Crippen LogP contribution in [0.4, 0.5) is 4.39 Å². The molecule has 2 rings (SSSR count). The van der Waals surface area contributed by atoms with E-state index in [-0.39, 0.29) is 10.7 Å². The van der Waals surface area contributed by atoms with Crippen LogP contribution < -0.4 is 10.6 Å². The van der Waals surface area contributed by atoms with Crippen LogP contribution in [0.2, 0.25) is 0 Å². The van der Waals surface area contributed by atoms with Gasteiger partial charge in [0.15, 0.2) is 5.96 Å². The van der Waals surface area contributed by atoms with Gasteiger partial charge in [0, 0.05) is 34.2 Å². The summed E-state index contributed by atoms with van der Waals surface area (Å²) in [5.74, 6) is 0.399. The van der Waals surface area contributed by atoms with E-state index >= 15 is 0 Å². The Kier molecular flexibility index (Phi) is 7.32. The number of halogens is 1. The van der Waals surface area contributed by atoms with E-state index in [9.17, 15) is 12.8 Å². The molecular formula is C19H25FN4O2S. The SMILES string of the molecule is CN=C(NCCc1ccc(F)cc1)NCc1ccc(S(=O)(=O)N(C)C)cc1. The molecule has 0 heterocycles. The quantitative estimate of drug-likeness (QED) is 0.558. The van der Waals surface area contributed by atoms with Crippen molar-refractivity contribution in [1.82, 2.24) is 14.9 Å². The van der Waals surface area contributed by atoms with Crippen molar-refractivity contribution < 1.29 is 12.8 Å². The molecule has 0 saturated heterocycles. The second-order valence-electron chi connectivity index (χ2n) is 6.16. The Labute approximate surface area is 160 Å². The van der Waals surface area contributed by atoms with E-state index in [0.29, 0.717) is 19.0 Å². The van der Waals surface area contributed by atoms with Gasteiger partial charge in [-0.1, -0.05) is 24.3 Å². The molecule has 2 N–H and O–H groups in total. The van der Waals surface area contributed by atoms with Crippen molar-refractivity contribution in [3.63, 3.8) is 0 Å². The van der Waals surface area contributed by atoms with E-state index in [4.69, 9.17) is 0 Å². The van der Waals surface area contributed by atoms with Gasteiger partial charge in [0.05, 0.1) is 4.90 Å². The molecule has 2 aromatic rings. The smallest absolute Gasteiger partial charge is 0.242 e. The van der Waals surface area contributed by atoms with Gasteiger partial charge < -0.3 is 10.6 Å². The molecule has 0 fully saturated rings. The molecule has 0 spiro atoms. The van der Waals surface area contributed by atoms with Gasteiger partial charge in [0.2, 0.25) is 10.0 Å². The van der Waals surface area contributed by atoms with Crippen molar-refractivity contribution in [1.29, 1.82) is 0 Å². The average molecular weight is 393 g/mol. The Morgan fingerprint density at radius 1 is 1.00 bits per heavy atom. The summed E-state index contributed by atoms with van der Waals surface area (Å²) in [6.07, 6.45) is 0.748. The van der Waals surface area contributed by atoms with Crippen molar-refractivity contribution >= 4 is 16.0 Å². The zero-order chi connectivity index (χ0) is 19.9. The fraction of sp³-hybridized carbons (Fsp3) is 0.316. The molecule has 0 radical (unpaired) electrons. The second-order valence-corrected chi connectivity index (χ2v) is 8.31. The first-order valence-electron chi connectivity index (χ1n) is 8.53. The Hall–Kier alpha value is -2.45. The first-order valence-corrected chi connectivity index (χ1v) is 9.97. The van der Waals surface area contributed by atoms with E-state index in [1.807, 2.05) is 0 Å². The standard InChI is InChI=1S/C19H25FN4O2S/c1-21-19(22-13-12-15-4-8-17(20)9-5-15)23-14-16-6-10-18(11-7-16)27(25,26)24(2)3/h4-11H,12-14H2,1-3H3,(H2,21,22,23). The van der Waals surface area contributed by atoms with Crippen LogP contribution in [0.1, 0.15) is 11.1 Å². The molecule has 0 saturated carbocycles. The van der Waals surface area contributed by atoms with Crippen molar-refractivity contribution in [2.24, 2.45) is 4.99 Å². The van der Waals surface area contributed by atoms with E-state index in [0.717, 1.165) is 17.5 Å². The molecule has 6 nitrogen and oxygen atoms in total. The Morgan fingerprint density at radius 3 is 2.15 bits per heavy atom. The highest BCUT2D eigenvalue weighted by Crippen LogP contribution is 2.13. The number of nitrogens with zero attached hydrogens (tertiary/aromatic N) is 2. The third-order valence-electron chi connectivity index (χ3n) is 4.00. The molecule has 8 heteroatoms. The van der Waals surface area contributed by atoms with Crippen molar-refractivity contribution in [2.75, 3.05) is 27.7 Å². The lowest BCUT2D eigenvalue weighted by Crippen LogP contribution is -2.37. The van der Waals surface area contributed by atoms with Gasteiger partial charge >= 0.3 is 0 Å². The van der Waals surface area contributed by atoms with Gasteiger partial charge in [-0.05, 0) is 41.8 Å². The number of aliphatic imine (C=N–C) groups is 1. The molecular weight excluding hydrogens is 367 g/mol. The van der Waals surface area contributed by atoms with Gasteiger partial charge in [-0.25, -0.2) is 17.1 Å². The highest BCUT2D eigenvalue weighted by molar-refractivity contribution is 7.89. The maximum absolute atomic E-state index is 12.9. The highest BCUT2D eigenvalue weighted by atomic mass is 32.2. The number of hydrogen-bond donors (Lipinski definition) is 2.